The first kappa shape index (κ1) is 11.3. The van der Waals surface area contributed by atoms with Crippen LogP contribution in [-0.4, -0.2) is 41.2 Å². The number of thiocarbonyl (C=S) groups is 1. The van der Waals surface area contributed by atoms with E-state index in [4.69, 9.17) is 5.73 Å². The van der Waals surface area contributed by atoms with Crippen LogP contribution >= 0.6 is 12.2 Å². The molecule has 0 aliphatic carbocycles. The van der Waals surface area contributed by atoms with Gasteiger partial charge in [0, 0.05) is 6.54 Å². The van der Waals surface area contributed by atoms with Crippen molar-refractivity contribution >= 4 is 46.9 Å². The van der Waals surface area contributed by atoms with Crippen molar-refractivity contribution in [2.75, 3.05) is 6.54 Å². The summed E-state index contributed by atoms with van der Waals surface area (Å²) in [5, 5.41) is 3.01. The molecule has 0 rings (SSSR count). The molecule has 4 heteroatoms. The van der Waals surface area contributed by atoms with E-state index in [0.717, 1.165) is 0 Å². The van der Waals surface area contributed by atoms with E-state index in [1.54, 1.807) is 6.08 Å². The molecular formula is C4H9N2NaS. The first-order valence-electron chi connectivity index (χ1n) is 1.91. The van der Waals surface area contributed by atoms with E-state index in [0.29, 0.717) is 11.7 Å². The van der Waals surface area contributed by atoms with Crippen LogP contribution in [0.15, 0.2) is 12.7 Å². The fourth-order valence-corrected chi connectivity index (χ4v) is 0.256. The van der Waals surface area contributed by atoms with Gasteiger partial charge in [0.1, 0.15) is 0 Å². The Morgan fingerprint density at radius 3 is 2.50 bits per heavy atom. The van der Waals surface area contributed by atoms with Crippen molar-refractivity contribution in [3.05, 3.63) is 12.7 Å². The first-order valence-corrected chi connectivity index (χ1v) is 2.32. The van der Waals surface area contributed by atoms with Crippen LogP contribution in [0.3, 0.4) is 0 Å². The van der Waals surface area contributed by atoms with E-state index in [9.17, 15) is 0 Å². The van der Waals surface area contributed by atoms with Crippen LogP contribution in [0.4, 0.5) is 0 Å². The molecule has 0 aromatic heterocycles. The molecule has 0 radical (unpaired) electrons. The van der Waals surface area contributed by atoms with Gasteiger partial charge in [-0.15, -0.1) is 6.58 Å². The van der Waals surface area contributed by atoms with Crippen LogP contribution < -0.4 is 11.1 Å². The molecule has 0 heterocycles. The second kappa shape index (κ2) is 7.43. The second-order valence-corrected chi connectivity index (χ2v) is 1.47. The van der Waals surface area contributed by atoms with Gasteiger partial charge in [0.15, 0.2) is 5.11 Å². The Morgan fingerprint density at radius 1 is 1.88 bits per heavy atom. The third-order valence-corrected chi connectivity index (χ3v) is 0.565. The van der Waals surface area contributed by atoms with Gasteiger partial charge in [-0.2, -0.15) is 0 Å². The molecular weight excluding hydrogens is 131 g/mol. The van der Waals surface area contributed by atoms with Crippen LogP contribution in [0.25, 0.3) is 0 Å². The summed E-state index contributed by atoms with van der Waals surface area (Å²) >= 11 is 4.48. The maximum absolute atomic E-state index is 5.05. The summed E-state index contributed by atoms with van der Waals surface area (Å²) in [6, 6.07) is 0. The Bertz CT molecular complexity index is 84.1. The second-order valence-electron chi connectivity index (χ2n) is 1.03. The van der Waals surface area contributed by atoms with Crippen molar-refractivity contribution in [2.24, 2.45) is 5.73 Å². The van der Waals surface area contributed by atoms with Gasteiger partial charge >= 0.3 is 29.6 Å². The third kappa shape index (κ3) is 9.66. The minimum absolute atomic E-state index is 0. The summed E-state index contributed by atoms with van der Waals surface area (Å²) in [7, 11) is 0. The number of nitrogens with two attached hydrogens (primary N) is 1. The summed E-state index contributed by atoms with van der Waals surface area (Å²) < 4.78 is 0. The van der Waals surface area contributed by atoms with E-state index >= 15 is 0 Å². The number of nitrogens with one attached hydrogen (secondary N) is 1. The molecule has 0 saturated heterocycles. The van der Waals surface area contributed by atoms with Gasteiger partial charge in [-0.1, -0.05) is 6.08 Å². The van der Waals surface area contributed by atoms with Gasteiger partial charge in [0.2, 0.25) is 0 Å². The topological polar surface area (TPSA) is 38.0 Å². The van der Waals surface area contributed by atoms with Crippen LogP contribution in [-0.2, 0) is 0 Å². The quantitative estimate of drug-likeness (QED) is 0.304. The van der Waals surface area contributed by atoms with Crippen molar-refractivity contribution in [3.8, 4) is 0 Å². The van der Waals surface area contributed by atoms with E-state index in [2.05, 4.69) is 24.1 Å². The molecule has 0 amide bonds. The van der Waals surface area contributed by atoms with Crippen LogP contribution in [0.2, 0.25) is 0 Å². The van der Waals surface area contributed by atoms with Gasteiger partial charge in [0.05, 0.1) is 0 Å². The first-order chi connectivity index (χ1) is 3.27. The fraction of sp³-hybridized carbons (Fsp3) is 0.250. The van der Waals surface area contributed by atoms with Crippen molar-refractivity contribution in [3.63, 3.8) is 0 Å². The molecule has 0 saturated carbocycles. The number of hydrogen-bond donors (Lipinski definition) is 2. The SMILES string of the molecule is C=CCNC(N)=S.[NaH]. The zero-order valence-corrected chi connectivity index (χ0v) is 4.79. The van der Waals surface area contributed by atoms with Gasteiger partial charge in [-0.25, -0.2) is 0 Å². The normalized spacial score (nSPS) is 6.50. The maximum atomic E-state index is 5.05. The fourth-order valence-electron chi connectivity index (χ4n) is 0.173. The van der Waals surface area contributed by atoms with Crippen molar-refractivity contribution in [1.82, 2.24) is 5.32 Å². The summed E-state index contributed by atoms with van der Waals surface area (Å²) in [4.78, 5) is 0. The van der Waals surface area contributed by atoms with E-state index < -0.39 is 0 Å². The monoisotopic (exact) mass is 140 g/mol. The molecule has 42 valence electrons. The molecule has 0 aromatic rings. The summed E-state index contributed by atoms with van der Waals surface area (Å²) in [5.41, 5.74) is 5.05. The van der Waals surface area contributed by atoms with E-state index in [1.807, 2.05) is 0 Å². The predicted octanol–water partition coefficient (Wildman–Crippen LogP) is -0.643. The van der Waals surface area contributed by atoms with Gasteiger partial charge in [0.25, 0.3) is 0 Å². The molecule has 0 bridgehead atoms. The standard InChI is InChI=1S/C4H8N2S.Na.H/c1-2-3-6-4(5)7;;/h2H,1,3H2,(H3,5,6,7);;. The van der Waals surface area contributed by atoms with Crippen molar-refractivity contribution in [1.29, 1.82) is 0 Å². The molecule has 0 fully saturated rings. The average molecular weight is 140 g/mol. The van der Waals surface area contributed by atoms with Crippen LogP contribution in [0.5, 0.6) is 0 Å². The van der Waals surface area contributed by atoms with E-state index in [-0.39, 0.29) is 29.6 Å². The Kier molecular flexibility index (Phi) is 10.5. The molecule has 0 spiro atoms. The summed E-state index contributed by atoms with van der Waals surface area (Å²) in [6.07, 6.45) is 1.69. The molecule has 2 nitrogen and oxygen atoms in total. The predicted molar refractivity (Wildman–Crippen MR) is 42.1 cm³/mol. The molecule has 3 N–H and O–H groups in total. The molecule has 0 aliphatic rings. The zero-order chi connectivity index (χ0) is 5.70. The van der Waals surface area contributed by atoms with E-state index in [1.165, 1.54) is 0 Å². The van der Waals surface area contributed by atoms with Gasteiger partial charge in [-0.05, 0) is 12.2 Å². The van der Waals surface area contributed by atoms with Crippen molar-refractivity contribution in [2.45, 2.75) is 0 Å². The number of rotatable bonds is 2. The van der Waals surface area contributed by atoms with Gasteiger partial charge < -0.3 is 11.1 Å². The molecule has 0 unspecified atom stereocenters. The Balaban J connectivity index is 0. The molecule has 0 aromatic carbocycles. The Labute approximate surface area is 76.8 Å². The van der Waals surface area contributed by atoms with Crippen molar-refractivity contribution < 1.29 is 0 Å². The summed E-state index contributed by atoms with van der Waals surface area (Å²) in [5.74, 6) is 0. The van der Waals surface area contributed by atoms with Crippen LogP contribution in [0, 0.1) is 0 Å². The molecule has 0 aliphatic heterocycles. The van der Waals surface area contributed by atoms with Gasteiger partial charge in [-0.3, -0.25) is 0 Å². The third-order valence-electron chi connectivity index (χ3n) is 0.421. The zero-order valence-electron chi connectivity index (χ0n) is 3.98. The Hall–Kier alpha value is 0.430. The number of hydrogen-bond acceptors (Lipinski definition) is 1. The minimum atomic E-state index is 0. The Morgan fingerprint density at radius 2 is 2.38 bits per heavy atom. The average Bonchev–Trinajstić information content (AvgIpc) is 1.61. The summed E-state index contributed by atoms with van der Waals surface area (Å²) in [6.45, 7) is 4.10. The van der Waals surface area contributed by atoms with Crippen LogP contribution in [0.1, 0.15) is 0 Å². The molecule has 0 atom stereocenters. The molecule has 8 heavy (non-hydrogen) atoms.